The summed E-state index contributed by atoms with van der Waals surface area (Å²) in [6.07, 6.45) is -1.94. The Hall–Kier alpha value is -3.30. The molecule has 152 valence electrons. The van der Waals surface area contributed by atoms with E-state index in [4.69, 9.17) is 5.73 Å². The second-order valence-electron chi connectivity index (χ2n) is 7.02. The number of nitrogen functional groups attached to an aromatic ring is 1. The van der Waals surface area contributed by atoms with Gasteiger partial charge in [0.15, 0.2) is 0 Å². The minimum absolute atomic E-state index is 0.243. The average molecular weight is 406 g/mol. The first kappa shape index (κ1) is 19.0. The molecule has 0 atom stereocenters. The second kappa shape index (κ2) is 6.64. The number of carbonyl (C=O) groups excluding carboxylic acids is 2. The topological polar surface area (TPSA) is 97.4 Å². The molecule has 29 heavy (non-hydrogen) atoms. The lowest BCUT2D eigenvalue weighted by Gasteiger charge is -2.30. The van der Waals surface area contributed by atoms with Gasteiger partial charge >= 0.3 is 6.18 Å². The van der Waals surface area contributed by atoms with Gasteiger partial charge in [-0.3, -0.25) is 24.3 Å². The average Bonchev–Trinajstić information content (AvgIpc) is 2.95. The molecule has 1 fully saturated rings. The van der Waals surface area contributed by atoms with Crippen LogP contribution in [0.1, 0.15) is 45.5 Å². The smallest absolute Gasteiger partial charge is 0.384 e. The van der Waals surface area contributed by atoms with E-state index in [-0.39, 0.29) is 11.1 Å². The molecule has 4 rings (SSSR count). The molecular weight excluding hydrogens is 389 g/mol. The van der Waals surface area contributed by atoms with Crippen LogP contribution < -0.4 is 21.5 Å². The Morgan fingerprint density at radius 3 is 2.31 bits per heavy atom. The van der Waals surface area contributed by atoms with Crippen molar-refractivity contribution in [2.24, 2.45) is 0 Å². The molecule has 2 amide bonds. The molecule has 1 aromatic carbocycles. The maximum Gasteiger partial charge on any atom is 0.418 e. The highest BCUT2D eigenvalue weighted by molar-refractivity contribution is 6.23. The van der Waals surface area contributed by atoms with Crippen molar-refractivity contribution in [1.82, 2.24) is 9.88 Å². The number of piperidine rings is 1. The molecule has 0 radical (unpaired) electrons. The van der Waals surface area contributed by atoms with Crippen LogP contribution in [0.15, 0.2) is 29.1 Å². The first-order chi connectivity index (χ1) is 13.7. The van der Waals surface area contributed by atoms with E-state index in [1.807, 2.05) is 10.2 Å². The summed E-state index contributed by atoms with van der Waals surface area (Å²) in [6.45, 7) is 1.31. The lowest BCUT2D eigenvalue weighted by atomic mass is 10.1. The molecule has 2 aliphatic rings. The van der Waals surface area contributed by atoms with Crippen molar-refractivity contribution in [1.29, 1.82) is 0 Å². The van der Waals surface area contributed by atoms with Gasteiger partial charge in [0.2, 0.25) is 0 Å². The van der Waals surface area contributed by atoms with E-state index in [1.54, 1.807) is 0 Å². The number of hydrogen-bond donors (Lipinski definition) is 2. The van der Waals surface area contributed by atoms with Crippen LogP contribution in [0.25, 0.3) is 5.69 Å². The van der Waals surface area contributed by atoms with Crippen LogP contribution in [0.5, 0.6) is 0 Å². The van der Waals surface area contributed by atoms with Crippen molar-refractivity contribution in [2.45, 2.75) is 25.4 Å². The molecule has 1 saturated heterocycles. The highest BCUT2D eigenvalue weighted by atomic mass is 19.4. The summed E-state index contributed by atoms with van der Waals surface area (Å²) in [5.74, 6) is -2.17. The number of nitrogens with zero attached hydrogens (tertiary/aromatic N) is 2. The van der Waals surface area contributed by atoms with Gasteiger partial charge in [-0.25, -0.2) is 0 Å². The number of carbonyl (C=O) groups is 2. The summed E-state index contributed by atoms with van der Waals surface area (Å²) in [4.78, 5) is 38.1. The zero-order valence-electron chi connectivity index (χ0n) is 15.2. The Bertz CT molecular complexity index is 1090. The Balaban J connectivity index is 1.92. The van der Waals surface area contributed by atoms with Crippen LogP contribution in [0.4, 0.5) is 24.7 Å². The summed E-state index contributed by atoms with van der Waals surface area (Å²) in [5.41, 5.74) is 3.28. The van der Waals surface area contributed by atoms with E-state index in [9.17, 15) is 27.6 Å². The van der Waals surface area contributed by atoms with Gasteiger partial charge in [0, 0.05) is 24.8 Å². The number of pyridine rings is 1. The van der Waals surface area contributed by atoms with Gasteiger partial charge in [-0.1, -0.05) is 0 Å². The fourth-order valence-corrected chi connectivity index (χ4v) is 3.82. The molecule has 7 nitrogen and oxygen atoms in total. The van der Waals surface area contributed by atoms with Crippen molar-refractivity contribution >= 4 is 23.3 Å². The number of anilines is 2. The largest absolute Gasteiger partial charge is 0.418 e. The number of nitrogens with two attached hydrogens (primary N) is 1. The fourth-order valence-electron chi connectivity index (χ4n) is 3.82. The Labute approximate surface area is 162 Å². The van der Waals surface area contributed by atoms with Gasteiger partial charge in [0.25, 0.3) is 17.4 Å². The van der Waals surface area contributed by atoms with E-state index in [0.29, 0.717) is 23.3 Å². The molecule has 0 saturated carbocycles. The molecule has 2 aliphatic heterocycles. The number of aromatic nitrogens is 1. The zero-order chi connectivity index (χ0) is 20.9. The summed E-state index contributed by atoms with van der Waals surface area (Å²) in [5, 5.41) is 1.99. The van der Waals surface area contributed by atoms with Crippen LogP contribution in [0, 0.1) is 0 Å². The van der Waals surface area contributed by atoms with Crippen LogP contribution >= 0.6 is 0 Å². The maximum absolute atomic E-state index is 13.8. The summed E-state index contributed by atoms with van der Waals surface area (Å²) < 4.78 is 42.2. The number of amides is 2. The van der Waals surface area contributed by atoms with Crippen molar-refractivity contribution in [2.75, 3.05) is 23.7 Å². The van der Waals surface area contributed by atoms with Gasteiger partial charge in [-0.05, 0) is 37.5 Å². The zero-order valence-corrected chi connectivity index (χ0v) is 15.2. The van der Waals surface area contributed by atoms with Crippen LogP contribution in [0.2, 0.25) is 0 Å². The number of hydrogen-bond acceptors (Lipinski definition) is 5. The highest BCUT2D eigenvalue weighted by Crippen LogP contribution is 2.38. The number of benzene rings is 1. The summed E-state index contributed by atoms with van der Waals surface area (Å²) in [6, 6.07) is 4.49. The summed E-state index contributed by atoms with van der Waals surface area (Å²) >= 11 is 0. The van der Waals surface area contributed by atoms with E-state index >= 15 is 0 Å². The molecule has 0 bridgehead atoms. The predicted octanol–water partition coefficient (Wildman–Crippen LogP) is 2.31. The monoisotopic (exact) mass is 406 g/mol. The predicted molar refractivity (Wildman–Crippen MR) is 99.3 cm³/mol. The molecular formula is C19H17F3N4O3. The van der Waals surface area contributed by atoms with E-state index in [2.05, 4.69) is 0 Å². The van der Waals surface area contributed by atoms with Gasteiger partial charge < -0.3 is 10.6 Å². The molecule has 10 heteroatoms. The maximum atomic E-state index is 13.8. The lowest BCUT2D eigenvalue weighted by Crippen LogP contribution is -2.30. The van der Waals surface area contributed by atoms with E-state index < -0.39 is 40.6 Å². The SMILES string of the molecule is Nc1c2c(cc(=O)n1-c1ccc(N3CCCCC3)cc1C(F)(F)F)C(=O)NC2=O. The second-order valence-corrected chi connectivity index (χ2v) is 7.02. The highest BCUT2D eigenvalue weighted by Gasteiger charge is 2.37. The lowest BCUT2D eigenvalue weighted by molar-refractivity contribution is -0.137. The van der Waals surface area contributed by atoms with Gasteiger partial charge in [0.1, 0.15) is 5.82 Å². The van der Waals surface area contributed by atoms with Crippen LogP contribution in [0.3, 0.4) is 0 Å². The van der Waals surface area contributed by atoms with Gasteiger partial charge in [-0.15, -0.1) is 0 Å². The Morgan fingerprint density at radius 2 is 1.66 bits per heavy atom. The molecule has 0 spiro atoms. The van der Waals surface area contributed by atoms with Crippen LogP contribution in [-0.2, 0) is 6.18 Å². The number of nitrogens with one attached hydrogen (secondary N) is 1. The van der Waals surface area contributed by atoms with Gasteiger partial charge in [-0.2, -0.15) is 13.2 Å². The van der Waals surface area contributed by atoms with E-state index in [1.165, 1.54) is 12.1 Å². The van der Waals surface area contributed by atoms with Crippen LogP contribution in [-0.4, -0.2) is 29.5 Å². The molecule has 3 N–H and O–H groups in total. The molecule has 2 aromatic rings. The number of imide groups is 1. The molecule has 0 unspecified atom stereocenters. The molecule has 3 heterocycles. The van der Waals surface area contributed by atoms with Crippen molar-refractivity contribution in [3.8, 4) is 5.69 Å². The Kier molecular flexibility index (Phi) is 4.36. The number of rotatable bonds is 2. The molecule has 1 aromatic heterocycles. The van der Waals surface area contributed by atoms with Crippen molar-refractivity contribution < 1.29 is 22.8 Å². The van der Waals surface area contributed by atoms with Crippen molar-refractivity contribution in [3.63, 3.8) is 0 Å². The normalized spacial score (nSPS) is 16.7. The third kappa shape index (κ3) is 3.14. The third-order valence-electron chi connectivity index (χ3n) is 5.20. The number of alkyl halides is 3. The minimum Gasteiger partial charge on any atom is -0.384 e. The Morgan fingerprint density at radius 1 is 0.966 bits per heavy atom. The first-order valence-corrected chi connectivity index (χ1v) is 9.06. The number of halogens is 3. The summed E-state index contributed by atoms with van der Waals surface area (Å²) in [7, 11) is 0. The fraction of sp³-hybridized carbons (Fsp3) is 0.316. The molecule has 0 aliphatic carbocycles. The first-order valence-electron chi connectivity index (χ1n) is 9.06. The third-order valence-corrected chi connectivity index (χ3v) is 5.20. The minimum atomic E-state index is -4.76. The van der Waals surface area contributed by atoms with Gasteiger partial charge in [0.05, 0.1) is 22.4 Å². The van der Waals surface area contributed by atoms with Crippen molar-refractivity contribution in [3.05, 3.63) is 51.3 Å². The quantitative estimate of drug-likeness (QED) is 0.746. The number of fused-ring (bicyclic) bond motifs is 1. The van der Waals surface area contributed by atoms with E-state index in [0.717, 1.165) is 31.4 Å². The standard InChI is InChI=1S/C19H17F3N4O3/c20-19(21,22)12-8-10(25-6-2-1-3-7-25)4-5-13(12)26-14(27)9-11-15(16(26)23)18(29)24-17(11)28/h4-5,8-9H,1-3,6-7,23H2,(H,24,28,29).